The van der Waals surface area contributed by atoms with E-state index < -0.39 is 0 Å². The van der Waals surface area contributed by atoms with Crippen LogP contribution in [0.4, 0.5) is 5.69 Å². The first-order chi connectivity index (χ1) is 9.60. The molecule has 104 valence electrons. The molecule has 0 saturated carbocycles. The van der Waals surface area contributed by atoms with Crippen LogP contribution in [-0.4, -0.2) is 18.0 Å². The van der Waals surface area contributed by atoms with Crippen LogP contribution >= 0.6 is 11.6 Å². The van der Waals surface area contributed by atoms with Gasteiger partial charge in [-0.2, -0.15) is 0 Å². The molecule has 2 rings (SSSR count). The lowest BCUT2D eigenvalue weighted by molar-refractivity contribution is 0.0946. The van der Waals surface area contributed by atoms with Gasteiger partial charge in [0.1, 0.15) is 11.4 Å². The number of nitrogens with one attached hydrogen (secondary N) is 1. The van der Waals surface area contributed by atoms with Crippen LogP contribution in [-0.2, 0) is 6.54 Å². The molecule has 0 aliphatic rings. The predicted molar refractivity (Wildman–Crippen MR) is 77.8 cm³/mol. The Bertz CT molecular complexity index is 632. The fourth-order valence-electron chi connectivity index (χ4n) is 1.72. The van der Waals surface area contributed by atoms with E-state index in [4.69, 9.17) is 22.1 Å². The fourth-order valence-corrected chi connectivity index (χ4v) is 1.92. The van der Waals surface area contributed by atoms with E-state index in [1.54, 1.807) is 31.4 Å². The molecule has 0 spiro atoms. The summed E-state index contributed by atoms with van der Waals surface area (Å²) in [6.07, 6.45) is 1.49. The van der Waals surface area contributed by atoms with Crippen LogP contribution in [0.5, 0.6) is 5.75 Å². The van der Waals surface area contributed by atoms with Crippen LogP contribution in [0.3, 0.4) is 0 Å². The Morgan fingerprint density at radius 3 is 2.90 bits per heavy atom. The number of nitrogen functional groups attached to an aromatic ring is 1. The number of carbonyl (C=O) groups excluding carboxylic acids is 1. The molecule has 1 aromatic carbocycles. The van der Waals surface area contributed by atoms with E-state index in [2.05, 4.69) is 10.3 Å². The third-order valence-electron chi connectivity index (χ3n) is 2.70. The molecule has 5 nitrogen and oxygen atoms in total. The minimum absolute atomic E-state index is 0.269. The standard InChI is InChI=1S/C14H14ClN3O2/c1-20-13-3-2-10(15)6-9(13)8-18-14(19)12-7-11(16)4-5-17-12/h2-7H,8H2,1H3,(H2,16,17)(H,18,19). The van der Waals surface area contributed by atoms with E-state index >= 15 is 0 Å². The summed E-state index contributed by atoms with van der Waals surface area (Å²) in [6.45, 7) is 0.291. The SMILES string of the molecule is COc1ccc(Cl)cc1CNC(=O)c1cc(N)ccn1. The van der Waals surface area contributed by atoms with Gasteiger partial charge in [-0.15, -0.1) is 0 Å². The second-order valence-electron chi connectivity index (χ2n) is 4.11. The second kappa shape index (κ2) is 6.25. The van der Waals surface area contributed by atoms with Crippen LogP contribution in [0, 0.1) is 0 Å². The zero-order chi connectivity index (χ0) is 14.5. The normalized spacial score (nSPS) is 10.1. The van der Waals surface area contributed by atoms with Gasteiger partial charge in [-0.05, 0) is 30.3 Å². The Morgan fingerprint density at radius 1 is 1.40 bits per heavy atom. The van der Waals surface area contributed by atoms with Crippen molar-refractivity contribution in [2.45, 2.75) is 6.54 Å². The Balaban J connectivity index is 2.09. The maximum atomic E-state index is 12.0. The number of nitrogens with two attached hydrogens (primary N) is 1. The van der Waals surface area contributed by atoms with Gasteiger partial charge in [0.2, 0.25) is 0 Å². The number of carbonyl (C=O) groups is 1. The van der Waals surface area contributed by atoms with Gasteiger partial charge in [0.25, 0.3) is 5.91 Å². The van der Waals surface area contributed by atoms with Gasteiger partial charge < -0.3 is 15.8 Å². The van der Waals surface area contributed by atoms with E-state index in [0.29, 0.717) is 23.0 Å². The molecule has 0 aliphatic carbocycles. The van der Waals surface area contributed by atoms with Crippen LogP contribution in [0.25, 0.3) is 0 Å². The monoisotopic (exact) mass is 291 g/mol. The molecular formula is C14H14ClN3O2. The highest BCUT2D eigenvalue weighted by Gasteiger charge is 2.09. The molecule has 0 aliphatic heterocycles. The summed E-state index contributed by atoms with van der Waals surface area (Å²) in [5.74, 6) is 0.356. The number of anilines is 1. The van der Waals surface area contributed by atoms with E-state index in [0.717, 1.165) is 5.56 Å². The van der Waals surface area contributed by atoms with Crippen molar-refractivity contribution in [3.05, 3.63) is 52.8 Å². The predicted octanol–water partition coefficient (Wildman–Crippen LogP) is 2.26. The number of aromatic nitrogens is 1. The summed E-state index contributed by atoms with van der Waals surface area (Å²) < 4.78 is 5.21. The topological polar surface area (TPSA) is 77.2 Å². The smallest absolute Gasteiger partial charge is 0.270 e. The second-order valence-corrected chi connectivity index (χ2v) is 4.55. The number of rotatable bonds is 4. The lowest BCUT2D eigenvalue weighted by Gasteiger charge is -2.10. The van der Waals surface area contributed by atoms with Crippen LogP contribution in [0.2, 0.25) is 5.02 Å². The highest BCUT2D eigenvalue weighted by atomic mass is 35.5. The number of nitrogens with zero attached hydrogens (tertiary/aromatic N) is 1. The molecule has 1 heterocycles. The summed E-state index contributed by atoms with van der Waals surface area (Å²) >= 11 is 5.93. The Labute approximate surface area is 121 Å². The van der Waals surface area contributed by atoms with E-state index in [9.17, 15) is 4.79 Å². The van der Waals surface area contributed by atoms with Gasteiger partial charge in [-0.25, -0.2) is 0 Å². The van der Waals surface area contributed by atoms with Gasteiger partial charge in [0.05, 0.1) is 7.11 Å². The lowest BCUT2D eigenvalue weighted by Crippen LogP contribution is -2.24. The number of pyridine rings is 1. The summed E-state index contributed by atoms with van der Waals surface area (Å²) in [4.78, 5) is 15.9. The van der Waals surface area contributed by atoms with E-state index in [1.807, 2.05) is 0 Å². The number of hydrogen-bond acceptors (Lipinski definition) is 4. The zero-order valence-corrected chi connectivity index (χ0v) is 11.6. The third-order valence-corrected chi connectivity index (χ3v) is 2.93. The highest BCUT2D eigenvalue weighted by Crippen LogP contribution is 2.22. The van der Waals surface area contributed by atoms with Crippen LogP contribution in [0.15, 0.2) is 36.5 Å². The number of benzene rings is 1. The van der Waals surface area contributed by atoms with Crippen molar-refractivity contribution in [3.8, 4) is 5.75 Å². The summed E-state index contributed by atoms with van der Waals surface area (Å²) in [5.41, 5.74) is 7.16. The lowest BCUT2D eigenvalue weighted by atomic mass is 10.2. The van der Waals surface area contributed by atoms with Gasteiger partial charge in [-0.1, -0.05) is 11.6 Å². The maximum Gasteiger partial charge on any atom is 0.270 e. The van der Waals surface area contributed by atoms with Gasteiger partial charge in [0.15, 0.2) is 0 Å². The number of ether oxygens (including phenoxy) is 1. The quantitative estimate of drug-likeness (QED) is 0.906. The minimum Gasteiger partial charge on any atom is -0.496 e. The molecule has 0 atom stereocenters. The highest BCUT2D eigenvalue weighted by molar-refractivity contribution is 6.30. The van der Waals surface area contributed by atoms with Crippen LogP contribution < -0.4 is 15.8 Å². The van der Waals surface area contributed by atoms with Crippen molar-refractivity contribution < 1.29 is 9.53 Å². The van der Waals surface area contributed by atoms with Crippen molar-refractivity contribution in [3.63, 3.8) is 0 Å². The van der Waals surface area contributed by atoms with Crippen molar-refractivity contribution in [1.82, 2.24) is 10.3 Å². The average Bonchev–Trinajstić information content (AvgIpc) is 2.45. The average molecular weight is 292 g/mol. The largest absolute Gasteiger partial charge is 0.496 e. The molecular weight excluding hydrogens is 278 g/mol. The van der Waals surface area contributed by atoms with Crippen molar-refractivity contribution >= 4 is 23.2 Å². The molecule has 1 aromatic heterocycles. The molecule has 0 bridgehead atoms. The van der Waals surface area contributed by atoms with Crippen molar-refractivity contribution in [2.75, 3.05) is 12.8 Å². The maximum absolute atomic E-state index is 12.0. The zero-order valence-electron chi connectivity index (χ0n) is 10.9. The summed E-state index contributed by atoms with van der Waals surface area (Å²) in [7, 11) is 1.56. The number of amides is 1. The van der Waals surface area contributed by atoms with Gasteiger partial charge in [0, 0.05) is 29.0 Å². The molecule has 0 radical (unpaired) electrons. The van der Waals surface area contributed by atoms with E-state index in [-0.39, 0.29) is 11.6 Å². The Kier molecular flexibility index (Phi) is 4.42. The Hall–Kier alpha value is -2.27. The molecule has 0 fully saturated rings. The number of halogens is 1. The van der Waals surface area contributed by atoms with Crippen molar-refractivity contribution in [1.29, 1.82) is 0 Å². The minimum atomic E-state index is -0.306. The molecule has 0 saturated heterocycles. The van der Waals surface area contributed by atoms with Crippen molar-refractivity contribution in [2.24, 2.45) is 0 Å². The summed E-state index contributed by atoms with van der Waals surface area (Å²) in [5, 5.41) is 3.33. The van der Waals surface area contributed by atoms with Gasteiger partial charge >= 0.3 is 0 Å². The van der Waals surface area contributed by atoms with Crippen LogP contribution in [0.1, 0.15) is 16.1 Å². The van der Waals surface area contributed by atoms with E-state index in [1.165, 1.54) is 12.3 Å². The first-order valence-corrected chi connectivity index (χ1v) is 6.30. The molecule has 2 aromatic rings. The number of hydrogen-bond donors (Lipinski definition) is 2. The molecule has 6 heteroatoms. The Morgan fingerprint density at radius 2 is 2.20 bits per heavy atom. The van der Waals surface area contributed by atoms with Gasteiger partial charge in [-0.3, -0.25) is 9.78 Å². The number of methoxy groups -OCH3 is 1. The fraction of sp³-hybridized carbons (Fsp3) is 0.143. The molecule has 1 amide bonds. The first kappa shape index (κ1) is 14.1. The molecule has 3 N–H and O–H groups in total. The molecule has 0 unspecified atom stereocenters. The molecule has 20 heavy (non-hydrogen) atoms. The summed E-state index contributed by atoms with van der Waals surface area (Å²) in [6, 6.07) is 8.36. The first-order valence-electron chi connectivity index (χ1n) is 5.92. The third kappa shape index (κ3) is 3.39.